The van der Waals surface area contributed by atoms with Crippen LogP contribution in [0.4, 0.5) is 0 Å². The van der Waals surface area contributed by atoms with E-state index in [9.17, 15) is 19.2 Å². The highest BCUT2D eigenvalue weighted by Gasteiger charge is 2.42. The summed E-state index contributed by atoms with van der Waals surface area (Å²) in [5.41, 5.74) is 3.97. The minimum absolute atomic E-state index is 0.105. The van der Waals surface area contributed by atoms with E-state index in [2.05, 4.69) is 31.1 Å². The van der Waals surface area contributed by atoms with E-state index in [0.717, 1.165) is 0 Å². The van der Waals surface area contributed by atoms with Crippen molar-refractivity contribution in [3.8, 4) is 0 Å². The lowest BCUT2D eigenvalue weighted by Gasteiger charge is -2.43. The van der Waals surface area contributed by atoms with E-state index in [1.54, 1.807) is 25.5 Å². The van der Waals surface area contributed by atoms with Gasteiger partial charge in [0.25, 0.3) is 0 Å². The summed E-state index contributed by atoms with van der Waals surface area (Å²) in [5, 5.41) is 8.77. The van der Waals surface area contributed by atoms with E-state index in [-0.39, 0.29) is 24.5 Å². The Hall–Kier alpha value is -3.02. The van der Waals surface area contributed by atoms with Gasteiger partial charge >= 0.3 is 17.9 Å². The number of nitrogens with two attached hydrogens (primary N) is 1. The van der Waals surface area contributed by atoms with Crippen molar-refractivity contribution in [3.05, 3.63) is 11.9 Å². The molecule has 0 aromatic carbocycles. The zero-order chi connectivity index (χ0) is 33.6. The third kappa shape index (κ3) is 11.9. The van der Waals surface area contributed by atoms with Crippen LogP contribution in [0.25, 0.3) is 0 Å². The number of ether oxygens (including phenoxy) is 3. The molecule has 1 aromatic heterocycles. The molecule has 43 heavy (non-hydrogen) atoms. The van der Waals surface area contributed by atoms with Gasteiger partial charge in [-0.2, -0.15) is 0 Å². The van der Waals surface area contributed by atoms with Crippen LogP contribution in [0.15, 0.2) is 6.20 Å². The summed E-state index contributed by atoms with van der Waals surface area (Å²) in [5.74, 6) is -1.72. The topological polar surface area (TPSA) is 156 Å². The maximum Gasteiger partial charge on any atom is 0.311 e. The van der Waals surface area contributed by atoms with Gasteiger partial charge in [-0.15, -0.1) is 5.10 Å². The average molecular weight is 610 g/mol. The molecule has 2 unspecified atom stereocenters. The smallest absolute Gasteiger partial charge is 0.311 e. The molecule has 0 saturated carbocycles. The van der Waals surface area contributed by atoms with Gasteiger partial charge in [-0.1, -0.05) is 26.0 Å². The molecular formula is C31H55N5O7. The van der Waals surface area contributed by atoms with Crippen LogP contribution >= 0.6 is 0 Å². The predicted octanol–water partition coefficient (Wildman–Crippen LogP) is 3.79. The molecule has 2 N–H and O–H groups in total. The van der Waals surface area contributed by atoms with Crippen molar-refractivity contribution in [1.82, 2.24) is 19.9 Å². The Labute approximate surface area is 257 Å². The fourth-order valence-electron chi connectivity index (χ4n) is 5.71. The second kappa shape index (κ2) is 14.2. The van der Waals surface area contributed by atoms with Crippen LogP contribution in [-0.2, 0) is 45.3 Å². The van der Waals surface area contributed by atoms with Gasteiger partial charge in [0.1, 0.15) is 13.2 Å². The molecule has 1 rings (SSSR count). The largest absolute Gasteiger partial charge is 0.462 e. The second-order valence-corrected chi connectivity index (χ2v) is 14.9. The first-order chi connectivity index (χ1) is 19.3. The molecule has 12 heteroatoms. The third-order valence-corrected chi connectivity index (χ3v) is 7.09. The van der Waals surface area contributed by atoms with E-state index in [1.165, 1.54) is 13.8 Å². The number of esters is 3. The summed E-state index contributed by atoms with van der Waals surface area (Å²) >= 11 is 0. The quantitative estimate of drug-likeness (QED) is 0.229. The molecule has 1 amide bonds. The Morgan fingerprint density at radius 3 is 1.95 bits per heavy atom. The summed E-state index contributed by atoms with van der Waals surface area (Å²) in [6.07, 6.45) is 2.29. The van der Waals surface area contributed by atoms with E-state index in [0.29, 0.717) is 31.5 Å². The van der Waals surface area contributed by atoms with Gasteiger partial charge in [0.05, 0.1) is 22.2 Å². The molecule has 246 valence electrons. The van der Waals surface area contributed by atoms with E-state index >= 15 is 0 Å². The average Bonchev–Trinajstić information content (AvgIpc) is 3.27. The first kappa shape index (κ1) is 38.0. The van der Waals surface area contributed by atoms with Crippen molar-refractivity contribution in [2.75, 3.05) is 19.8 Å². The normalized spacial score (nSPS) is 14.8. The number of amides is 1. The number of hydrogen-bond acceptors (Lipinski definition) is 10. The first-order valence-corrected chi connectivity index (χ1v) is 14.8. The van der Waals surface area contributed by atoms with Gasteiger partial charge in [-0.25, -0.2) is 4.68 Å². The second-order valence-electron chi connectivity index (χ2n) is 14.9. The van der Waals surface area contributed by atoms with Crippen LogP contribution in [-0.4, -0.2) is 80.6 Å². The number of rotatable bonds is 15. The monoisotopic (exact) mass is 609 g/mol. The molecule has 0 fully saturated rings. The Balaban J connectivity index is 3.01. The van der Waals surface area contributed by atoms with Crippen molar-refractivity contribution in [2.45, 2.75) is 132 Å². The molecule has 0 aliphatic carbocycles. The van der Waals surface area contributed by atoms with Gasteiger partial charge in [-0.3, -0.25) is 19.2 Å². The highest BCUT2D eigenvalue weighted by Crippen LogP contribution is 2.34. The molecule has 1 heterocycles. The van der Waals surface area contributed by atoms with Gasteiger partial charge in [0.2, 0.25) is 5.91 Å². The minimum Gasteiger partial charge on any atom is -0.462 e. The Bertz CT molecular complexity index is 1130. The van der Waals surface area contributed by atoms with E-state index in [4.69, 9.17) is 19.9 Å². The number of carbonyl (C=O) groups excluding carboxylic acids is 4. The predicted molar refractivity (Wildman–Crippen MR) is 163 cm³/mol. The fraction of sp³-hybridized carbons (Fsp3) is 0.806. The van der Waals surface area contributed by atoms with Crippen molar-refractivity contribution in [1.29, 1.82) is 0 Å². The van der Waals surface area contributed by atoms with Crippen molar-refractivity contribution in [3.63, 3.8) is 0 Å². The van der Waals surface area contributed by atoms with Crippen LogP contribution in [0, 0.1) is 10.8 Å². The summed E-state index contributed by atoms with van der Waals surface area (Å²) in [7, 11) is 0. The standard InChI is InChI=1S/C31H55N5O7/c1-14-35(25(39)31(13,32)19-27(4,5)6)29(9,10)15-23-16-36(34-33-23)30(11,12)20-28(7,8)26(40)42-18-24(43-22(3)38)17-41-21(2)37/h16,24H,14-15,17-20,32H2,1-13H3. The molecule has 0 bridgehead atoms. The molecule has 2 atom stereocenters. The van der Waals surface area contributed by atoms with Gasteiger partial charge < -0.3 is 24.8 Å². The molecule has 12 nitrogen and oxygen atoms in total. The Kier molecular flexibility index (Phi) is 12.5. The molecule has 1 aromatic rings. The van der Waals surface area contributed by atoms with Crippen LogP contribution in [0.2, 0.25) is 0 Å². The Morgan fingerprint density at radius 2 is 1.47 bits per heavy atom. The first-order valence-electron chi connectivity index (χ1n) is 14.8. The Morgan fingerprint density at radius 1 is 0.907 bits per heavy atom. The fourth-order valence-corrected chi connectivity index (χ4v) is 5.71. The lowest BCUT2D eigenvalue weighted by atomic mass is 9.79. The van der Waals surface area contributed by atoms with Gasteiger partial charge in [0, 0.05) is 38.5 Å². The maximum atomic E-state index is 13.6. The molecule has 0 aliphatic rings. The van der Waals surface area contributed by atoms with Crippen LogP contribution in [0.1, 0.15) is 109 Å². The van der Waals surface area contributed by atoms with E-state index < -0.39 is 46.0 Å². The summed E-state index contributed by atoms with van der Waals surface area (Å²) in [6, 6.07) is 0. The maximum absolute atomic E-state index is 13.6. The highest BCUT2D eigenvalue weighted by atomic mass is 16.6. The summed E-state index contributed by atoms with van der Waals surface area (Å²) in [6.45, 7) is 23.8. The number of hydrogen-bond donors (Lipinski definition) is 1. The lowest BCUT2D eigenvalue weighted by Crippen LogP contribution is -2.60. The number of nitrogens with zero attached hydrogens (tertiary/aromatic N) is 4. The molecular weight excluding hydrogens is 554 g/mol. The van der Waals surface area contributed by atoms with Gasteiger partial charge in [0.15, 0.2) is 6.10 Å². The van der Waals surface area contributed by atoms with Gasteiger partial charge in [-0.05, 0) is 73.6 Å². The summed E-state index contributed by atoms with van der Waals surface area (Å²) < 4.78 is 17.2. The lowest BCUT2D eigenvalue weighted by molar-refractivity contribution is -0.169. The third-order valence-electron chi connectivity index (χ3n) is 7.09. The molecule has 0 saturated heterocycles. The molecule has 0 radical (unpaired) electrons. The summed E-state index contributed by atoms with van der Waals surface area (Å²) in [4.78, 5) is 51.0. The highest BCUT2D eigenvalue weighted by molar-refractivity contribution is 5.86. The van der Waals surface area contributed by atoms with Crippen LogP contribution < -0.4 is 5.73 Å². The number of likely N-dealkylation sites (N-methyl/N-ethyl adjacent to an activating group) is 1. The van der Waals surface area contributed by atoms with E-state index in [1.807, 2.05) is 45.7 Å². The zero-order valence-electron chi connectivity index (χ0n) is 28.6. The molecule has 0 aliphatic heterocycles. The molecule has 0 spiro atoms. The van der Waals surface area contributed by atoms with Crippen LogP contribution in [0.3, 0.4) is 0 Å². The minimum atomic E-state index is -1.01. The number of carbonyl (C=O) groups is 4. The number of aromatic nitrogens is 3. The SMILES string of the molecule is CCN(C(=O)C(C)(N)CC(C)(C)C)C(C)(C)Cc1cn(C(C)(C)CC(C)(C)C(=O)OCC(COC(C)=O)OC(C)=O)nn1. The van der Waals surface area contributed by atoms with Crippen molar-refractivity contribution >= 4 is 23.8 Å². The zero-order valence-corrected chi connectivity index (χ0v) is 28.6. The van der Waals surface area contributed by atoms with Crippen molar-refractivity contribution < 1.29 is 33.4 Å². The van der Waals surface area contributed by atoms with Crippen molar-refractivity contribution in [2.24, 2.45) is 16.6 Å². The van der Waals surface area contributed by atoms with Crippen LogP contribution in [0.5, 0.6) is 0 Å².